The second kappa shape index (κ2) is 19.7. The number of rotatable bonds is 23. The van der Waals surface area contributed by atoms with Crippen LogP contribution in [-0.4, -0.2) is 52.4 Å². The summed E-state index contributed by atoms with van der Waals surface area (Å²) in [5.41, 5.74) is 0. The molecule has 0 aromatic rings. The minimum atomic E-state index is -4.58. The molecule has 0 spiro atoms. The Labute approximate surface area is 211 Å². The van der Waals surface area contributed by atoms with Crippen molar-refractivity contribution in [2.75, 3.05) is 27.7 Å². The third kappa shape index (κ3) is 19.8. The van der Waals surface area contributed by atoms with Crippen LogP contribution < -0.4 is 0 Å². The van der Waals surface area contributed by atoms with E-state index in [1.807, 2.05) is 27.2 Å². The molecule has 0 aromatic carbocycles. The number of likely N-dealkylation sites (N-methyl/N-ethyl adjacent to an activating group) is 1. The highest BCUT2D eigenvalue weighted by Gasteiger charge is 2.48. The molecular formula is C28H57NO4P+. The van der Waals surface area contributed by atoms with E-state index < -0.39 is 12.9 Å². The van der Waals surface area contributed by atoms with Crippen LogP contribution in [0.4, 0.5) is 0 Å². The Morgan fingerprint density at radius 3 is 1.44 bits per heavy atom. The molecule has 0 heterocycles. The van der Waals surface area contributed by atoms with Gasteiger partial charge in [0.2, 0.25) is 5.34 Å². The van der Waals surface area contributed by atoms with Crippen molar-refractivity contribution < 1.29 is 23.9 Å². The molecule has 0 aliphatic rings. The van der Waals surface area contributed by atoms with Gasteiger partial charge in [-0.3, -0.25) is 4.57 Å². The van der Waals surface area contributed by atoms with Gasteiger partial charge in [0.15, 0.2) is 0 Å². The van der Waals surface area contributed by atoms with Crippen LogP contribution in [0.3, 0.4) is 0 Å². The molecule has 0 aliphatic heterocycles. The number of aliphatic hydroxyl groups is 1. The molecule has 0 saturated carbocycles. The molecule has 0 bridgehead atoms. The molecule has 202 valence electrons. The number of allylic oxidation sites excluding steroid dienone is 4. The number of hydrogen-bond donors (Lipinski definition) is 3. The van der Waals surface area contributed by atoms with Crippen molar-refractivity contribution >= 4 is 7.60 Å². The number of nitrogens with zero attached hydrogens (tertiary/aromatic N) is 1. The second-order valence-electron chi connectivity index (χ2n) is 11.1. The summed E-state index contributed by atoms with van der Waals surface area (Å²) in [6.07, 6.45) is 30.1. The van der Waals surface area contributed by atoms with E-state index in [2.05, 4.69) is 25.2 Å². The maximum atomic E-state index is 11.8. The van der Waals surface area contributed by atoms with Gasteiger partial charge < -0.3 is 19.4 Å². The van der Waals surface area contributed by atoms with Gasteiger partial charge in [-0.15, -0.1) is 0 Å². The zero-order valence-corrected chi connectivity index (χ0v) is 23.8. The van der Waals surface area contributed by atoms with E-state index in [0.29, 0.717) is 10.9 Å². The van der Waals surface area contributed by atoms with Crippen molar-refractivity contribution in [3.8, 4) is 0 Å². The average Bonchev–Trinajstić information content (AvgIpc) is 2.73. The predicted octanol–water partition coefficient (Wildman–Crippen LogP) is 7.71. The molecule has 0 fully saturated rings. The van der Waals surface area contributed by atoms with Gasteiger partial charge in [0.25, 0.3) is 0 Å². The lowest BCUT2D eigenvalue weighted by Crippen LogP contribution is -2.49. The van der Waals surface area contributed by atoms with Crippen LogP contribution in [0.2, 0.25) is 0 Å². The van der Waals surface area contributed by atoms with Crippen LogP contribution >= 0.6 is 7.60 Å². The first-order valence-corrected chi connectivity index (χ1v) is 15.5. The first-order valence-electron chi connectivity index (χ1n) is 13.9. The minimum Gasteiger partial charge on any atom is -0.373 e. The predicted molar refractivity (Wildman–Crippen MR) is 147 cm³/mol. The van der Waals surface area contributed by atoms with Crippen molar-refractivity contribution in [3.63, 3.8) is 0 Å². The highest BCUT2D eigenvalue weighted by atomic mass is 31.2. The zero-order chi connectivity index (χ0) is 25.8. The molecule has 6 heteroatoms. The molecule has 0 aliphatic carbocycles. The van der Waals surface area contributed by atoms with E-state index in [-0.39, 0.29) is 13.0 Å². The topological polar surface area (TPSA) is 77.8 Å². The molecule has 1 atom stereocenters. The van der Waals surface area contributed by atoms with Gasteiger partial charge in [-0.25, -0.2) is 0 Å². The molecule has 0 radical (unpaired) electrons. The van der Waals surface area contributed by atoms with Crippen molar-refractivity contribution in [1.29, 1.82) is 0 Å². The molecule has 0 rings (SSSR count). The van der Waals surface area contributed by atoms with Crippen molar-refractivity contribution in [3.05, 3.63) is 24.3 Å². The van der Waals surface area contributed by atoms with E-state index in [1.54, 1.807) is 0 Å². The summed E-state index contributed by atoms with van der Waals surface area (Å²) in [6.45, 7) is 2.30. The maximum Gasteiger partial charge on any atom is 0.362 e. The van der Waals surface area contributed by atoms with Crippen molar-refractivity contribution in [2.45, 2.75) is 128 Å². The largest absolute Gasteiger partial charge is 0.373 e. The Bertz CT molecular complexity index is 579. The highest BCUT2D eigenvalue weighted by Crippen LogP contribution is 2.52. The summed E-state index contributed by atoms with van der Waals surface area (Å²) in [5.74, 6) is 0. The highest BCUT2D eigenvalue weighted by molar-refractivity contribution is 7.53. The quantitative estimate of drug-likeness (QED) is 0.0578. The molecule has 3 N–H and O–H groups in total. The second-order valence-corrected chi connectivity index (χ2v) is 13.0. The summed E-state index contributed by atoms with van der Waals surface area (Å²) >= 11 is 0. The van der Waals surface area contributed by atoms with Crippen molar-refractivity contribution in [2.24, 2.45) is 0 Å². The number of unbranched alkanes of at least 4 members (excludes halogenated alkanes) is 14. The first kappa shape index (κ1) is 33.5. The van der Waals surface area contributed by atoms with E-state index in [0.717, 1.165) is 19.3 Å². The molecular weight excluding hydrogens is 445 g/mol. The molecule has 0 saturated heterocycles. The molecule has 34 heavy (non-hydrogen) atoms. The Morgan fingerprint density at radius 1 is 0.647 bits per heavy atom. The standard InChI is InChI=1S/C28H56NO4P/c1-5-6-7-8-9-10-11-12-13-14-15-16-17-18-19-20-21-22-23-24-25-26-28(30,34(31,32)33)27-29(2,3)4/h18-19,23-24,30H,5-17,20-22,25-27H2,1-4H3,(H-,31,32,33)/p+1/b19-18-,24-23-. The molecule has 1 unspecified atom stereocenters. The fourth-order valence-electron chi connectivity index (χ4n) is 4.32. The summed E-state index contributed by atoms with van der Waals surface area (Å²) in [7, 11) is 0.881. The average molecular weight is 503 g/mol. The SMILES string of the molecule is CCCCCCCCCCCCCC/C=C\CCC/C=C\CCC(O)(C[N+](C)(C)C)P(=O)(O)O. The summed E-state index contributed by atoms with van der Waals surface area (Å²) in [4.78, 5) is 19.2. The fourth-order valence-corrected chi connectivity index (χ4v) is 5.35. The van der Waals surface area contributed by atoms with Crippen LogP contribution in [0.1, 0.15) is 122 Å². The lowest BCUT2D eigenvalue weighted by Gasteiger charge is -2.35. The van der Waals surface area contributed by atoms with Gasteiger partial charge in [0, 0.05) is 0 Å². The Balaban J connectivity index is 3.66. The van der Waals surface area contributed by atoms with E-state index in [1.165, 1.54) is 83.5 Å². The Morgan fingerprint density at radius 2 is 1.03 bits per heavy atom. The smallest absolute Gasteiger partial charge is 0.362 e. The Hall–Kier alpha value is -0.450. The molecule has 0 amide bonds. The third-order valence-electron chi connectivity index (χ3n) is 6.28. The lowest BCUT2D eigenvalue weighted by molar-refractivity contribution is -0.875. The van der Waals surface area contributed by atoms with Crippen molar-refractivity contribution in [1.82, 2.24) is 0 Å². The van der Waals surface area contributed by atoms with Gasteiger partial charge in [0.1, 0.15) is 6.54 Å². The minimum absolute atomic E-state index is 0.0229. The summed E-state index contributed by atoms with van der Waals surface area (Å²) in [6, 6.07) is 0. The lowest BCUT2D eigenvalue weighted by atomic mass is 10.0. The van der Waals surface area contributed by atoms with E-state index in [4.69, 9.17) is 0 Å². The number of quaternary nitrogens is 1. The van der Waals surface area contributed by atoms with Gasteiger partial charge in [-0.1, -0.05) is 102 Å². The zero-order valence-electron chi connectivity index (χ0n) is 22.9. The van der Waals surface area contributed by atoms with Crippen LogP contribution in [0.5, 0.6) is 0 Å². The molecule has 0 aromatic heterocycles. The van der Waals surface area contributed by atoms with Gasteiger partial charge in [0.05, 0.1) is 21.1 Å². The Kier molecular flexibility index (Phi) is 19.4. The fraction of sp³-hybridized carbons (Fsp3) is 0.857. The molecule has 5 nitrogen and oxygen atoms in total. The van der Waals surface area contributed by atoms with Crippen LogP contribution in [0, 0.1) is 0 Å². The van der Waals surface area contributed by atoms with Gasteiger partial charge in [-0.2, -0.15) is 0 Å². The summed E-state index contributed by atoms with van der Waals surface area (Å²) in [5, 5.41) is 8.55. The normalized spacial score (nSPS) is 14.9. The maximum absolute atomic E-state index is 11.8. The van der Waals surface area contributed by atoms with E-state index >= 15 is 0 Å². The first-order chi connectivity index (χ1) is 16.0. The van der Waals surface area contributed by atoms with E-state index in [9.17, 15) is 19.5 Å². The van der Waals surface area contributed by atoms with Crippen LogP contribution in [-0.2, 0) is 4.57 Å². The monoisotopic (exact) mass is 502 g/mol. The van der Waals surface area contributed by atoms with Crippen LogP contribution in [0.25, 0.3) is 0 Å². The number of hydrogen-bond acceptors (Lipinski definition) is 2. The van der Waals surface area contributed by atoms with Gasteiger partial charge in [-0.05, 0) is 44.9 Å². The van der Waals surface area contributed by atoms with Crippen LogP contribution in [0.15, 0.2) is 24.3 Å². The summed E-state index contributed by atoms with van der Waals surface area (Å²) < 4.78 is 12.1. The van der Waals surface area contributed by atoms with Gasteiger partial charge >= 0.3 is 7.60 Å². The third-order valence-corrected chi connectivity index (χ3v) is 7.73.